The van der Waals surface area contributed by atoms with Crippen molar-refractivity contribution in [3.63, 3.8) is 0 Å². The zero-order chi connectivity index (χ0) is 23.8. The quantitative estimate of drug-likeness (QED) is 0.290. The first-order valence-corrected chi connectivity index (χ1v) is 12.1. The molecule has 178 valence electrons. The van der Waals surface area contributed by atoms with Gasteiger partial charge in [-0.2, -0.15) is 4.98 Å². The number of carbonyl (C=O) groups is 1. The minimum Gasteiger partial charge on any atom is -0.385 e. The molecule has 1 aromatic heterocycles. The fourth-order valence-electron chi connectivity index (χ4n) is 3.32. The number of likely N-dealkylation sites (N-methyl/N-ethyl adjacent to an activating group) is 1. The maximum atomic E-state index is 12.4. The topological polar surface area (TPSA) is 134 Å². The highest BCUT2D eigenvalue weighted by Crippen LogP contribution is 2.32. The van der Waals surface area contributed by atoms with Crippen LogP contribution in [0.3, 0.4) is 0 Å². The molecular weight excluding hydrogens is 484 g/mol. The van der Waals surface area contributed by atoms with E-state index < -0.39 is 0 Å². The van der Waals surface area contributed by atoms with E-state index in [4.69, 9.17) is 11.5 Å². The van der Waals surface area contributed by atoms with Gasteiger partial charge in [0.2, 0.25) is 5.95 Å². The molecule has 1 unspecified atom stereocenters. The van der Waals surface area contributed by atoms with Gasteiger partial charge < -0.3 is 32.3 Å². The molecule has 1 fully saturated rings. The first-order chi connectivity index (χ1) is 15.9. The molecule has 9 nitrogen and oxygen atoms in total. The van der Waals surface area contributed by atoms with Crippen molar-refractivity contribution in [2.75, 3.05) is 36.8 Å². The normalized spacial score (nSPS) is 14.8. The van der Waals surface area contributed by atoms with Crippen LogP contribution in [-0.2, 0) is 0 Å². The van der Waals surface area contributed by atoms with E-state index in [1.165, 1.54) is 0 Å². The Morgan fingerprint density at radius 3 is 2.61 bits per heavy atom. The number of anilines is 3. The molecule has 7 N–H and O–H groups in total. The van der Waals surface area contributed by atoms with Crippen LogP contribution >= 0.6 is 15.9 Å². The smallest absolute Gasteiger partial charge is 0.251 e. The number of halogens is 1. The van der Waals surface area contributed by atoms with Gasteiger partial charge in [0.25, 0.3) is 5.91 Å². The molecule has 1 aliphatic carbocycles. The van der Waals surface area contributed by atoms with Gasteiger partial charge in [-0.1, -0.05) is 13.8 Å². The van der Waals surface area contributed by atoms with Crippen molar-refractivity contribution in [3.8, 4) is 0 Å². The Morgan fingerprint density at radius 2 is 1.97 bits per heavy atom. The van der Waals surface area contributed by atoms with E-state index in [0.717, 1.165) is 38.2 Å². The van der Waals surface area contributed by atoms with Gasteiger partial charge in [0.1, 0.15) is 0 Å². The molecule has 3 rings (SSSR count). The number of nitrogens with one attached hydrogen (secondary N) is 3. The second-order valence-corrected chi connectivity index (χ2v) is 8.89. The number of amides is 1. The number of nitrogens with zero attached hydrogens (tertiary/aromatic N) is 3. The van der Waals surface area contributed by atoms with E-state index in [1.54, 1.807) is 18.3 Å². The van der Waals surface area contributed by atoms with Gasteiger partial charge in [-0.25, -0.2) is 4.98 Å². The summed E-state index contributed by atoms with van der Waals surface area (Å²) < 4.78 is 0.682. The highest BCUT2D eigenvalue weighted by molar-refractivity contribution is 9.10. The maximum absolute atomic E-state index is 12.4. The molecule has 0 aliphatic heterocycles. The molecule has 0 bridgehead atoms. The minimum absolute atomic E-state index is 0.0522. The summed E-state index contributed by atoms with van der Waals surface area (Å²) in [6, 6.07) is 7.13. The molecule has 1 amide bonds. The summed E-state index contributed by atoms with van der Waals surface area (Å²) in [6.45, 7) is 7.62. The molecule has 1 heterocycles. The summed E-state index contributed by atoms with van der Waals surface area (Å²) in [5.74, 6) is 1.82. The SMILES string of the molecule is CCN(CC)CCNC(=O)c1ccc(Nc2ncc(Br)c(N/C(N)=C/C(N)C3CC3)n2)cc1. The number of rotatable bonds is 12. The van der Waals surface area contributed by atoms with Crippen LogP contribution in [0, 0.1) is 5.92 Å². The minimum atomic E-state index is -0.0910. The monoisotopic (exact) mass is 516 g/mol. The number of carbonyl (C=O) groups excluding carboxylic acids is 1. The molecule has 0 spiro atoms. The van der Waals surface area contributed by atoms with Crippen LogP contribution < -0.4 is 27.4 Å². The molecule has 2 aromatic rings. The Hall–Kier alpha value is -2.69. The standard InChI is InChI=1S/C23H33BrN8O/c1-3-32(4-2)12-11-27-22(33)16-7-9-17(10-8-16)29-23-28-14-18(24)21(31-23)30-20(26)13-19(25)15-5-6-15/h7-10,13-15,19H,3-6,11-12,25-26H2,1-2H3,(H,27,33)(H2,28,29,30,31)/b20-13+. The largest absolute Gasteiger partial charge is 0.385 e. The lowest BCUT2D eigenvalue weighted by Gasteiger charge is -2.18. The lowest BCUT2D eigenvalue weighted by molar-refractivity contribution is 0.0949. The van der Waals surface area contributed by atoms with Crippen LogP contribution in [0.2, 0.25) is 0 Å². The third-order valence-electron chi connectivity index (χ3n) is 5.56. The average molecular weight is 517 g/mol. The van der Waals surface area contributed by atoms with Crippen molar-refractivity contribution in [2.45, 2.75) is 32.7 Å². The number of hydrogen-bond donors (Lipinski definition) is 5. The summed E-state index contributed by atoms with van der Waals surface area (Å²) in [5, 5.41) is 9.18. The zero-order valence-corrected chi connectivity index (χ0v) is 20.7. The third kappa shape index (κ3) is 7.69. The van der Waals surface area contributed by atoms with Crippen LogP contribution in [0.5, 0.6) is 0 Å². The summed E-state index contributed by atoms with van der Waals surface area (Å²) in [6.07, 6.45) is 5.76. The van der Waals surface area contributed by atoms with Gasteiger partial charge in [0.05, 0.1) is 10.3 Å². The van der Waals surface area contributed by atoms with Crippen LogP contribution in [0.1, 0.15) is 37.0 Å². The third-order valence-corrected chi connectivity index (χ3v) is 6.14. The Labute approximate surface area is 203 Å². The van der Waals surface area contributed by atoms with E-state index >= 15 is 0 Å². The Morgan fingerprint density at radius 1 is 1.27 bits per heavy atom. The molecule has 33 heavy (non-hydrogen) atoms. The van der Waals surface area contributed by atoms with Crippen molar-refractivity contribution in [3.05, 3.63) is 52.4 Å². The molecule has 1 atom stereocenters. The first kappa shape index (κ1) is 24.9. The van der Waals surface area contributed by atoms with E-state index in [-0.39, 0.29) is 11.9 Å². The first-order valence-electron chi connectivity index (χ1n) is 11.3. The molecule has 0 saturated heterocycles. The molecule has 1 aromatic carbocycles. The number of aromatic nitrogens is 2. The fraction of sp³-hybridized carbons (Fsp3) is 0.435. The van der Waals surface area contributed by atoms with E-state index in [9.17, 15) is 4.79 Å². The number of hydrogen-bond acceptors (Lipinski definition) is 8. The maximum Gasteiger partial charge on any atom is 0.251 e. The van der Waals surface area contributed by atoms with Crippen molar-refractivity contribution >= 4 is 39.3 Å². The summed E-state index contributed by atoms with van der Waals surface area (Å²) in [5.41, 5.74) is 13.6. The Kier molecular flexibility index (Phi) is 9.04. The lowest BCUT2D eigenvalue weighted by Crippen LogP contribution is -2.34. The van der Waals surface area contributed by atoms with Crippen molar-refractivity contribution < 1.29 is 4.79 Å². The van der Waals surface area contributed by atoms with Crippen molar-refractivity contribution in [2.24, 2.45) is 17.4 Å². The van der Waals surface area contributed by atoms with E-state index in [1.807, 2.05) is 18.2 Å². The predicted octanol–water partition coefficient (Wildman–Crippen LogP) is 3.00. The van der Waals surface area contributed by atoms with Crippen molar-refractivity contribution in [1.82, 2.24) is 20.2 Å². The number of benzene rings is 1. The van der Waals surface area contributed by atoms with Crippen LogP contribution in [-0.4, -0.2) is 53.0 Å². The second-order valence-electron chi connectivity index (χ2n) is 8.04. The van der Waals surface area contributed by atoms with Gasteiger partial charge in [-0.15, -0.1) is 0 Å². The summed E-state index contributed by atoms with van der Waals surface area (Å²) in [7, 11) is 0. The van der Waals surface area contributed by atoms with Gasteiger partial charge in [0.15, 0.2) is 5.82 Å². The average Bonchev–Trinajstić information content (AvgIpc) is 3.65. The summed E-state index contributed by atoms with van der Waals surface area (Å²) >= 11 is 3.44. The van der Waals surface area contributed by atoms with E-state index in [2.05, 4.69) is 60.6 Å². The predicted molar refractivity (Wildman–Crippen MR) is 136 cm³/mol. The summed E-state index contributed by atoms with van der Waals surface area (Å²) in [4.78, 5) is 23.4. The number of nitrogens with two attached hydrogens (primary N) is 2. The van der Waals surface area contributed by atoms with Crippen molar-refractivity contribution in [1.29, 1.82) is 0 Å². The van der Waals surface area contributed by atoms with Crippen LogP contribution in [0.25, 0.3) is 0 Å². The van der Waals surface area contributed by atoms with Gasteiger partial charge >= 0.3 is 0 Å². The van der Waals surface area contributed by atoms with Gasteiger partial charge in [0, 0.05) is 36.6 Å². The van der Waals surface area contributed by atoms with Crippen LogP contribution in [0.15, 0.2) is 46.8 Å². The van der Waals surface area contributed by atoms with Gasteiger partial charge in [-0.3, -0.25) is 4.79 Å². The Bertz CT molecular complexity index is 957. The fourth-order valence-corrected chi connectivity index (χ4v) is 3.61. The van der Waals surface area contributed by atoms with Crippen LogP contribution in [0.4, 0.5) is 17.5 Å². The van der Waals surface area contributed by atoms with Gasteiger partial charge in [-0.05, 0) is 78.1 Å². The molecule has 10 heteroatoms. The molecule has 1 saturated carbocycles. The Balaban J connectivity index is 1.57. The molecular formula is C23H33BrN8O. The molecule has 1 aliphatic rings. The molecule has 0 radical (unpaired) electrons. The second kappa shape index (κ2) is 12.0. The highest BCUT2D eigenvalue weighted by Gasteiger charge is 2.27. The highest BCUT2D eigenvalue weighted by atomic mass is 79.9. The zero-order valence-electron chi connectivity index (χ0n) is 19.1. The van der Waals surface area contributed by atoms with E-state index in [0.29, 0.717) is 40.1 Å². The lowest BCUT2D eigenvalue weighted by atomic mass is 10.2.